The highest BCUT2D eigenvalue weighted by Crippen LogP contribution is 2.32. The van der Waals surface area contributed by atoms with Crippen molar-refractivity contribution < 1.29 is 37.7 Å². The van der Waals surface area contributed by atoms with E-state index >= 15 is 0 Å². The summed E-state index contributed by atoms with van der Waals surface area (Å²) < 4.78 is 49.5. The highest BCUT2D eigenvalue weighted by molar-refractivity contribution is 5.80. The van der Waals surface area contributed by atoms with Crippen LogP contribution in [0.1, 0.15) is 83.9 Å². The number of benzene rings is 2. The molecule has 2 aromatic rings. The first-order valence-corrected chi connectivity index (χ1v) is 14.7. The predicted molar refractivity (Wildman–Crippen MR) is 164 cm³/mol. The van der Waals surface area contributed by atoms with Crippen molar-refractivity contribution in [3.05, 3.63) is 83.5 Å². The number of carbonyl (C=O) groups is 1. The smallest absolute Gasteiger partial charge is 0.416 e. The van der Waals surface area contributed by atoms with Gasteiger partial charge in [-0.2, -0.15) is 13.2 Å². The number of alkyl halides is 3. The van der Waals surface area contributed by atoms with E-state index in [-0.39, 0.29) is 24.2 Å². The Kier molecular flexibility index (Phi) is 20.0. The first kappa shape index (κ1) is 38.9. The number of hydrogen-bond acceptors (Lipinski definition) is 5. The van der Waals surface area contributed by atoms with E-state index in [2.05, 4.69) is 6.08 Å². The fraction of sp³-hybridized carbons (Fsp3) is 0.500. The lowest BCUT2D eigenvalue weighted by Gasteiger charge is -2.18. The summed E-state index contributed by atoms with van der Waals surface area (Å²) in [5.41, 5.74) is 0.728. The van der Waals surface area contributed by atoms with Gasteiger partial charge in [-0.15, -0.1) is 0 Å². The molecule has 0 saturated carbocycles. The molecule has 0 aliphatic heterocycles. The average molecular weight is 595 g/mol. The van der Waals surface area contributed by atoms with Gasteiger partial charge in [-0.05, 0) is 81.5 Å². The van der Waals surface area contributed by atoms with Gasteiger partial charge in [0, 0.05) is 18.8 Å². The Morgan fingerprint density at radius 2 is 1.64 bits per heavy atom. The van der Waals surface area contributed by atoms with Crippen LogP contribution in [-0.4, -0.2) is 35.0 Å². The first-order valence-electron chi connectivity index (χ1n) is 14.7. The van der Waals surface area contributed by atoms with Gasteiger partial charge >= 0.3 is 6.18 Å². The molecule has 1 aliphatic rings. The van der Waals surface area contributed by atoms with Crippen LogP contribution in [0.4, 0.5) is 13.2 Å². The van der Waals surface area contributed by atoms with Crippen molar-refractivity contribution >= 4 is 5.78 Å². The number of ether oxygens (including phenoxy) is 2. The van der Waals surface area contributed by atoms with E-state index in [9.17, 15) is 18.0 Å². The Labute approximate surface area is 250 Å². The van der Waals surface area contributed by atoms with Crippen LogP contribution in [0.25, 0.3) is 0 Å². The van der Waals surface area contributed by atoms with Crippen molar-refractivity contribution in [3.8, 4) is 11.5 Å². The molecular weight excluding hydrogens is 545 g/mol. The van der Waals surface area contributed by atoms with E-state index < -0.39 is 18.0 Å². The van der Waals surface area contributed by atoms with Crippen molar-refractivity contribution in [1.29, 1.82) is 0 Å². The molecule has 0 radical (unpaired) electrons. The molecular formula is C34H49F3O5. The van der Waals surface area contributed by atoms with E-state index in [1.807, 2.05) is 77.1 Å². The van der Waals surface area contributed by atoms with Crippen LogP contribution in [0, 0.1) is 12.8 Å². The van der Waals surface area contributed by atoms with E-state index in [0.29, 0.717) is 36.5 Å². The summed E-state index contributed by atoms with van der Waals surface area (Å²) in [7, 11) is 0. The highest BCUT2D eigenvalue weighted by atomic mass is 19.4. The second-order valence-corrected chi connectivity index (χ2v) is 9.31. The van der Waals surface area contributed by atoms with Gasteiger partial charge in [-0.1, -0.05) is 64.1 Å². The molecule has 1 aliphatic carbocycles. The molecule has 0 bridgehead atoms. The SMILES string of the molecule is CC.CC.CC(=O)C1C=CC=CCC1.Cc1cc(C(F)(F)F)ccc1OC(C)CCOc1ccc(CCC(O)O)cc1. The van der Waals surface area contributed by atoms with Crippen molar-refractivity contribution in [2.24, 2.45) is 5.92 Å². The van der Waals surface area contributed by atoms with Crippen molar-refractivity contribution in [2.45, 2.75) is 99.1 Å². The number of Topliss-reactive ketones (excluding diaryl/α,β-unsaturated/α-hetero) is 1. The molecule has 0 saturated heterocycles. The summed E-state index contributed by atoms with van der Waals surface area (Å²) >= 11 is 0. The van der Waals surface area contributed by atoms with Crippen molar-refractivity contribution in [2.75, 3.05) is 6.61 Å². The fourth-order valence-corrected chi connectivity index (χ4v) is 3.71. The molecule has 2 unspecified atom stereocenters. The maximum absolute atomic E-state index is 12.7. The Morgan fingerprint density at radius 1 is 1.00 bits per heavy atom. The lowest BCUT2D eigenvalue weighted by atomic mass is 10.0. The molecule has 5 nitrogen and oxygen atoms in total. The maximum atomic E-state index is 12.7. The van der Waals surface area contributed by atoms with Crippen LogP contribution in [-0.2, 0) is 17.4 Å². The number of hydrogen-bond donors (Lipinski definition) is 2. The lowest BCUT2D eigenvalue weighted by Crippen LogP contribution is -2.16. The molecule has 8 heteroatoms. The molecule has 0 aromatic heterocycles. The molecule has 42 heavy (non-hydrogen) atoms. The molecule has 0 spiro atoms. The molecule has 0 amide bonds. The van der Waals surface area contributed by atoms with Crippen LogP contribution in [0.15, 0.2) is 66.8 Å². The Morgan fingerprint density at radius 3 is 2.19 bits per heavy atom. The predicted octanol–water partition coefficient (Wildman–Crippen LogP) is 8.64. The standard InChI is InChI=1S/C21H25F3O4.C9H12O.2C2H6/c1-14-13-17(21(22,23)24)6-9-19(14)28-15(2)11-12-27-18-7-3-16(4-8-18)5-10-20(25)26;1-8(10)9-6-4-2-3-5-7-9;2*1-2/h3-4,6-9,13,15,20,25-26H,5,10-12H2,1-2H3;2-4,6,9H,5,7H2,1H3;2*1-2H3. The zero-order chi connectivity index (χ0) is 32.1. The van der Waals surface area contributed by atoms with Crippen molar-refractivity contribution in [1.82, 2.24) is 0 Å². The summed E-state index contributed by atoms with van der Waals surface area (Å²) in [5.74, 6) is 1.55. The van der Waals surface area contributed by atoms with Crippen LogP contribution in [0.2, 0.25) is 0 Å². The van der Waals surface area contributed by atoms with E-state index in [0.717, 1.165) is 30.5 Å². The number of allylic oxidation sites excluding steroid dienone is 4. The molecule has 3 rings (SSSR count). The lowest BCUT2D eigenvalue weighted by molar-refractivity contribution is -0.137. The van der Waals surface area contributed by atoms with Crippen molar-refractivity contribution in [3.63, 3.8) is 0 Å². The number of aliphatic hydroxyl groups is 2. The zero-order valence-corrected chi connectivity index (χ0v) is 26.1. The third-order valence-electron chi connectivity index (χ3n) is 6.00. The minimum atomic E-state index is -4.36. The number of aliphatic hydroxyl groups excluding tert-OH is 1. The van der Waals surface area contributed by atoms with Crippen LogP contribution in [0.3, 0.4) is 0 Å². The normalized spacial score (nSPS) is 14.6. The van der Waals surface area contributed by atoms with E-state index in [1.54, 1.807) is 13.8 Å². The van der Waals surface area contributed by atoms with Gasteiger partial charge in [0.15, 0.2) is 6.29 Å². The molecule has 236 valence electrons. The second-order valence-electron chi connectivity index (χ2n) is 9.31. The minimum Gasteiger partial charge on any atom is -0.493 e. The third-order valence-corrected chi connectivity index (χ3v) is 6.00. The largest absolute Gasteiger partial charge is 0.493 e. The van der Waals surface area contributed by atoms with Gasteiger partial charge in [0.25, 0.3) is 0 Å². The summed E-state index contributed by atoms with van der Waals surface area (Å²) in [5, 5.41) is 17.8. The summed E-state index contributed by atoms with van der Waals surface area (Å²) in [6.45, 7) is 13.5. The van der Waals surface area contributed by atoms with Crippen LogP contribution < -0.4 is 9.47 Å². The topological polar surface area (TPSA) is 76.0 Å². The van der Waals surface area contributed by atoms with Crippen LogP contribution in [0.5, 0.6) is 11.5 Å². The number of aryl methyl sites for hydroxylation is 2. The first-order chi connectivity index (χ1) is 20.0. The Hall–Kier alpha value is -3.10. The quantitative estimate of drug-likeness (QED) is 0.269. The molecule has 2 N–H and O–H groups in total. The molecule has 0 heterocycles. The van der Waals surface area contributed by atoms with E-state index in [1.165, 1.54) is 6.07 Å². The fourth-order valence-electron chi connectivity index (χ4n) is 3.71. The number of ketones is 1. The van der Waals surface area contributed by atoms with Crippen LogP contribution >= 0.6 is 0 Å². The average Bonchev–Trinajstić information content (AvgIpc) is 3.26. The molecule has 0 fully saturated rings. The number of rotatable bonds is 10. The Bertz CT molecular complexity index is 1060. The molecule has 2 atom stereocenters. The maximum Gasteiger partial charge on any atom is 0.416 e. The summed E-state index contributed by atoms with van der Waals surface area (Å²) in [4.78, 5) is 10.9. The number of halogens is 3. The highest BCUT2D eigenvalue weighted by Gasteiger charge is 2.30. The van der Waals surface area contributed by atoms with Gasteiger partial charge in [0.1, 0.15) is 17.3 Å². The summed E-state index contributed by atoms with van der Waals surface area (Å²) in [6.07, 6.45) is 5.54. The van der Waals surface area contributed by atoms with E-state index in [4.69, 9.17) is 19.7 Å². The third kappa shape index (κ3) is 16.4. The van der Waals surface area contributed by atoms with Gasteiger partial charge in [-0.3, -0.25) is 4.79 Å². The number of carbonyl (C=O) groups excluding carboxylic acids is 1. The van der Waals surface area contributed by atoms with Gasteiger partial charge in [0.2, 0.25) is 0 Å². The summed E-state index contributed by atoms with van der Waals surface area (Å²) in [6, 6.07) is 10.8. The zero-order valence-electron chi connectivity index (χ0n) is 26.1. The minimum absolute atomic E-state index is 0.162. The molecule has 2 aromatic carbocycles. The monoisotopic (exact) mass is 594 g/mol. The van der Waals surface area contributed by atoms with Gasteiger partial charge in [-0.25, -0.2) is 0 Å². The Balaban J connectivity index is 0.000000998. The van der Waals surface area contributed by atoms with Gasteiger partial charge < -0.3 is 19.7 Å². The second kappa shape index (κ2) is 21.6. The van der Waals surface area contributed by atoms with Gasteiger partial charge in [0.05, 0.1) is 18.3 Å².